The molecule has 1 aliphatic rings. The van der Waals surface area contributed by atoms with Crippen LogP contribution in [0.3, 0.4) is 0 Å². The number of nitrogens with zero attached hydrogens (tertiary/aromatic N) is 1. The quantitative estimate of drug-likeness (QED) is 0.671. The lowest BCUT2D eigenvalue weighted by atomic mass is 9.85. The first kappa shape index (κ1) is 11.0. The third kappa shape index (κ3) is 2.66. The molecule has 0 aromatic rings. The molecule has 1 fully saturated rings. The van der Waals surface area contributed by atoms with Crippen LogP contribution in [-0.2, 0) is 0 Å². The third-order valence-electron chi connectivity index (χ3n) is 3.17. The molecular formula is C10H22N2O. The normalized spacial score (nSPS) is 25.8. The fraction of sp³-hybridized carbons (Fsp3) is 1.00. The summed E-state index contributed by atoms with van der Waals surface area (Å²) in [6.07, 6.45) is 1.77. The first-order chi connectivity index (χ1) is 6.08. The highest BCUT2D eigenvalue weighted by Crippen LogP contribution is 2.24. The molecule has 0 aromatic heterocycles. The number of hydrogen-bond acceptors (Lipinski definition) is 3. The van der Waals surface area contributed by atoms with Crippen molar-refractivity contribution in [3.63, 3.8) is 0 Å². The molecular weight excluding hydrogens is 164 g/mol. The van der Waals surface area contributed by atoms with Crippen LogP contribution in [0.1, 0.15) is 26.7 Å². The van der Waals surface area contributed by atoms with Crippen LogP contribution in [0, 0.1) is 0 Å². The van der Waals surface area contributed by atoms with Crippen LogP contribution in [0.2, 0.25) is 0 Å². The second-order valence-electron chi connectivity index (χ2n) is 4.19. The molecule has 3 heteroatoms. The Morgan fingerprint density at radius 3 is 2.46 bits per heavy atom. The SMILES string of the molecule is CCNC(C)C1(O)CCN(C)CC1. The van der Waals surface area contributed by atoms with E-state index < -0.39 is 5.60 Å². The first-order valence-corrected chi connectivity index (χ1v) is 5.23. The number of likely N-dealkylation sites (N-methyl/N-ethyl adjacent to an activating group) is 1. The first-order valence-electron chi connectivity index (χ1n) is 5.23. The van der Waals surface area contributed by atoms with Crippen LogP contribution < -0.4 is 5.32 Å². The van der Waals surface area contributed by atoms with Crippen LogP contribution in [0.15, 0.2) is 0 Å². The highest BCUT2D eigenvalue weighted by Gasteiger charge is 2.35. The Morgan fingerprint density at radius 1 is 1.46 bits per heavy atom. The predicted molar refractivity (Wildman–Crippen MR) is 54.8 cm³/mol. The van der Waals surface area contributed by atoms with E-state index in [0.717, 1.165) is 32.5 Å². The van der Waals surface area contributed by atoms with E-state index in [1.165, 1.54) is 0 Å². The van der Waals surface area contributed by atoms with Crippen molar-refractivity contribution in [3.05, 3.63) is 0 Å². The van der Waals surface area contributed by atoms with Crippen molar-refractivity contribution >= 4 is 0 Å². The Kier molecular flexibility index (Phi) is 3.71. The average Bonchev–Trinajstić information content (AvgIpc) is 2.11. The Morgan fingerprint density at radius 2 is 2.00 bits per heavy atom. The van der Waals surface area contributed by atoms with E-state index in [9.17, 15) is 5.11 Å². The maximum Gasteiger partial charge on any atom is 0.0821 e. The molecule has 0 radical (unpaired) electrons. The van der Waals surface area contributed by atoms with E-state index in [-0.39, 0.29) is 6.04 Å². The molecule has 13 heavy (non-hydrogen) atoms. The van der Waals surface area contributed by atoms with Crippen molar-refractivity contribution in [1.82, 2.24) is 10.2 Å². The van der Waals surface area contributed by atoms with E-state index in [1.54, 1.807) is 0 Å². The molecule has 1 atom stereocenters. The maximum atomic E-state index is 10.3. The van der Waals surface area contributed by atoms with Crippen molar-refractivity contribution in [2.24, 2.45) is 0 Å². The summed E-state index contributed by atoms with van der Waals surface area (Å²) in [5.41, 5.74) is -0.484. The van der Waals surface area contributed by atoms with Gasteiger partial charge in [0, 0.05) is 19.1 Å². The average molecular weight is 186 g/mol. The third-order valence-corrected chi connectivity index (χ3v) is 3.17. The number of aliphatic hydroxyl groups is 1. The molecule has 1 aliphatic heterocycles. The Labute approximate surface area is 81.1 Å². The summed E-state index contributed by atoms with van der Waals surface area (Å²) in [5, 5.41) is 13.6. The molecule has 78 valence electrons. The van der Waals surface area contributed by atoms with Gasteiger partial charge in [0.2, 0.25) is 0 Å². The van der Waals surface area contributed by atoms with Gasteiger partial charge in [0.25, 0.3) is 0 Å². The minimum Gasteiger partial charge on any atom is -0.388 e. The van der Waals surface area contributed by atoms with Crippen LogP contribution in [-0.4, -0.2) is 48.3 Å². The number of rotatable bonds is 3. The Hall–Kier alpha value is -0.120. The zero-order valence-corrected chi connectivity index (χ0v) is 9.01. The second-order valence-corrected chi connectivity index (χ2v) is 4.19. The highest BCUT2D eigenvalue weighted by molar-refractivity contribution is 4.92. The molecule has 3 nitrogen and oxygen atoms in total. The summed E-state index contributed by atoms with van der Waals surface area (Å²) in [4.78, 5) is 2.27. The fourth-order valence-electron chi connectivity index (χ4n) is 1.93. The summed E-state index contributed by atoms with van der Waals surface area (Å²) >= 11 is 0. The zero-order chi connectivity index (χ0) is 9.90. The van der Waals surface area contributed by atoms with Gasteiger partial charge in [0.05, 0.1) is 5.60 Å². The molecule has 0 aromatic carbocycles. The minimum absolute atomic E-state index is 0.214. The summed E-state index contributed by atoms with van der Waals surface area (Å²) in [7, 11) is 2.11. The molecule has 0 amide bonds. The van der Waals surface area contributed by atoms with Crippen molar-refractivity contribution < 1.29 is 5.11 Å². The lowest BCUT2D eigenvalue weighted by molar-refractivity contribution is -0.0407. The smallest absolute Gasteiger partial charge is 0.0821 e. The minimum atomic E-state index is -0.484. The van der Waals surface area contributed by atoms with E-state index in [0.29, 0.717) is 0 Å². The summed E-state index contributed by atoms with van der Waals surface area (Å²) < 4.78 is 0. The molecule has 0 saturated carbocycles. The van der Waals surface area contributed by atoms with Gasteiger partial charge in [0.1, 0.15) is 0 Å². The van der Waals surface area contributed by atoms with E-state index in [1.807, 2.05) is 0 Å². The molecule has 0 spiro atoms. The van der Waals surface area contributed by atoms with Gasteiger partial charge in [-0.25, -0.2) is 0 Å². The zero-order valence-electron chi connectivity index (χ0n) is 9.01. The lowest BCUT2D eigenvalue weighted by Crippen LogP contribution is -2.54. The van der Waals surface area contributed by atoms with Gasteiger partial charge >= 0.3 is 0 Å². The van der Waals surface area contributed by atoms with Crippen LogP contribution in [0.5, 0.6) is 0 Å². The maximum absolute atomic E-state index is 10.3. The largest absolute Gasteiger partial charge is 0.388 e. The van der Waals surface area contributed by atoms with Gasteiger partial charge < -0.3 is 15.3 Å². The molecule has 2 N–H and O–H groups in total. The van der Waals surface area contributed by atoms with Gasteiger partial charge in [0.15, 0.2) is 0 Å². The molecule has 0 bridgehead atoms. The van der Waals surface area contributed by atoms with E-state index in [4.69, 9.17) is 0 Å². The number of hydrogen-bond donors (Lipinski definition) is 2. The van der Waals surface area contributed by atoms with Crippen LogP contribution >= 0.6 is 0 Å². The lowest BCUT2D eigenvalue weighted by Gasteiger charge is -2.40. The van der Waals surface area contributed by atoms with E-state index in [2.05, 4.69) is 31.1 Å². The van der Waals surface area contributed by atoms with Crippen molar-refractivity contribution in [3.8, 4) is 0 Å². The number of likely N-dealkylation sites (tertiary alicyclic amines) is 1. The molecule has 1 unspecified atom stereocenters. The van der Waals surface area contributed by atoms with Crippen molar-refractivity contribution in [1.29, 1.82) is 0 Å². The summed E-state index contributed by atoms with van der Waals surface area (Å²) in [6.45, 7) is 7.10. The molecule has 1 heterocycles. The second kappa shape index (κ2) is 4.40. The van der Waals surface area contributed by atoms with E-state index >= 15 is 0 Å². The Bertz CT molecular complexity index is 153. The molecule has 0 aliphatic carbocycles. The molecule has 1 rings (SSSR count). The monoisotopic (exact) mass is 186 g/mol. The Balaban J connectivity index is 2.46. The highest BCUT2D eigenvalue weighted by atomic mass is 16.3. The molecule has 1 saturated heterocycles. The fourth-order valence-corrected chi connectivity index (χ4v) is 1.93. The van der Waals surface area contributed by atoms with Crippen LogP contribution in [0.25, 0.3) is 0 Å². The van der Waals surface area contributed by atoms with Crippen molar-refractivity contribution in [2.75, 3.05) is 26.7 Å². The van der Waals surface area contributed by atoms with Gasteiger partial charge in [-0.3, -0.25) is 0 Å². The topological polar surface area (TPSA) is 35.5 Å². The predicted octanol–water partition coefficient (Wildman–Crippen LogP) is 0.441. The van der Waals surface area contributed by atoms with Gasteiger partial charge in [-0.1, -0.05) is 6.92 Å². The number of nitrogens with one attached hydrogen (secondary N) is 1. The number of piperidine rings is 1. The van der Waals surface area contributed by atoms with Gasteiger partial charge in [-0.2, -0.15) is 0 Å². The summed E-state index contributed by atoms with van der Waals surface area (Å²) in [6, 6.07) is 0.214. The van der Waals surface area contributed by atoms with Gasteiger partial charge in [-0.15, -0.1) is 0 Å². The standard InChI is InChI=1S/C10H22N2O/c1-4-11-9(2)10(13)5-7-12(3)8-6-10/h9,11,13H,4-8H2,1-3H3. The van der Waals surface area contributed by atoms with Crippen molar-refractivity contribution in [2.45, 2.75) is 38.3 Å². The van der Waals surface area contributed by atoms with Crippen LogP contribution in [0.4, 0.5) is 0 Å². The summed E-state index contributed by atoms with van der Waals surface area (Å²) in [5.74, 6) is 0. The van der Waals surface area contributed by atoms with Gasteiger partial charge in [-0.05, 0) is 33.4 Å².